The highest BCUT2D eigenvalue weighted by Gasteiger charge is 2.24. The summed E-state index contributed by atoms with van der Waals surface area (Å²) in [6, 6.07) is 5.60. The molecule has 0 aromatic heterocycles. The van der Waals surface area contributed by atoms with Gasteiger partial charge in [-0.3, -0.25) is 4.79 Å². The first kappa shape index (κ1) is 14.9. The highest BCUT2D eigenvalue weighted by atomic mass is 32.1. The lowest BCUT2D eigenvalue weighted by Crippen LogP contribution is -2.24. The van der Waals surface area contributed by atoms with Gasteiger partial charge in [0.25, 0.3) is 0 Å². The van der Waals surface area contributed by atoms with Crippen LogP contribution in [0.15, 0.2) is 18.2 Å². The van der Waals surface area contributed by atoms with Crippen LogP contribution in [0.25, 0.3) is 0 Å². The molecule has 4 nitrogen and oxygen atoms in total. The summed E-state index contributed by atoms with van der Waals surface area (Å²) in [4.78, 5) is 10.6. The molecule has 1 amide bonds. The summed E-state index contributed by atoms with van der Waals surface area (Å²) < 4.78 is 8.63. The number of benzene rings is 1. The van der Waals surface area contributed by atoms with Gasteiger partial charge < -0.3 is 14.8 Å². The Hall–Kier alpha value is -1.20. The number of anilines is 2. The van der Waals surface area contributed by atoms with Gasteiger partial charge in [-0.15, -0.1) is 0 Å². The van der Waals surface area contributed by atoms with E-state index in [2.05, 4.69) is 29.8 Å². The molecule has 1 rings (SSSR count). The number of carbonyl (C=O) groups is 1. The zero-order valence-electron chi connectivity index (χ0n) is 11.0. The second kappa shape index (κ2) is 6.66. The van der Waals surface area contributed by atoms with Crippen LogP contribution in [0, 0.1) is 0 Å². The van der Waals surface area contributed by atoms with Crippen LogP contribution in [0.3, 0.4) is 0 Å². The Balaban J connectivity index is 3.12. The number of rotatable bonds is 7. The van der Waals surface area contributed by atoms with Gasteiger partial charge in [0.1, 0.15) is 0 Å². The van der Waals surface area contributed by atoms with Crippen molar-refractivity contribution >= 4 is 30.6 Å². The first-order valence-corrected chi connectivity index (χ1v) is 6.38. The highest BCUT2D eigenvalue weighted by Crippen LogP contribution is 2.33. The van der Waals surface area contributed by atoms with E-state index in [1.54, 1.807) is 0 Å². The Morgan fingerprint density at radius 1 is 1.44 bits per heavy atom. The highest BCUT2D eigenvalue weighted by molar-refractivity contribution is 7.81. The molecular formula is C13H20N2O2S. The third-order valence-electron chi connectivity index (χ3n) is 2.68. The standard InChI is InChI=1S/C13H20N2O2S/c1-4-7-17-13(2,3)11-8-10(15-18)5-6-12(11)14-9-16/h5-6,8-9,15,18H,4,7H2,1-3H3,(H,14,16). The van der Waals surface area contributed by atoms with E-state index in [0.717, 1.165) is 23.4 Å². The number of amides is 1. The molecule has 18 heavy (non-hydrogen) atoms. The molecule has 0 radical (unpaired) electrons. The fourth-order valence-corrected chi connectivity index (χ4v) is 1.88. The number of ether oxygens (including phenoxy) is 1. The smallest absolute Gasteiger partial charge is 0.211 e. The molecule has 5 heteroatoms. The molecule has 1 aromatic carbocycles. The molecule has 0 unspecified atom stereocenters. The molecular weight excluding hydrogens is 248 g/mol. The molecule has 2 N–H and O–H groups in total. The van der Waals surface area contributed by atoms with Crippen LogP contribution in [0.5, 0.6) is 0 Å². The van der Waals surface area contributed by atoms with Crippen molar-refractivity contribution in [3.63, 3.8) is 0 Å². The van der Waals surface area contributed by atoms with Crippen molar-refractivity contribution in [1.29, 1.82) is 0 Å². The van der Waals surface area contributed by atoms with E-state index in [1.165, 1.54) is 0 Å². The molecule has 0 atom stereocenters. The number of nitrogens with one attached hydrogen (secondary N) is 2. The predicted octanol–water partition coefficient (Wildman–Crippen LogP) is 3.17. The third-order valence-corrected chi connectivity index (χ3v) is 2.94. The summed E-state index contributed by atoms with van der Waals surface area (Å²) in [5.74, 6) is 0. The first-order chi connectivity index (χ1) is 8.55. The summed E-state index contributed by atoms with van der Waals surface area (Å²) in [6.45, 7) is 6.70. The van der Waals surface area contributed by atoms with Gasteiger partial charge in [-0.1, -0.05) is 19.7 Å². The molecule has 0 fully saturated rings. The lowest BCUT2D eigenvalue weighted by atomic mass is 9.95. The summed E-state index contributed by atoms with van der Waals surface area (Å²) >= 11 is 4.03. The van der Waals surface area contributed by atoms with Crippen LogP contribution in [-0.2, 0) is 15.1 Å². The first-order valence-electron chi connectivity index (χ1n) is 5.94. The lowest BCUT2D eigenvalue weighted by molar-refractivity contribution is -0.105. The number of hydrogen-bond acceptors (Lipinski definition) is 4. The molecule has 0 aliphatic rings. The SMILES string of the molecule is CCCOC(C)(C)c1cc(NS)ccc1NC=O. The minimum atomic E-state index is -0.470. The Morgan fingerprint density at radius 2 is 2.17 bits per heavy atom. The molecule has 1 aromatic rings. The van der Waals surface area contributed by atoms with E-state index in [4.69, 9.17) is 4.74 Å². The van der Waals surface area contributed by atoms with Gasteiger partial charge in [-0.25, -0.2) is 0 Å². The lowest BCUT2D eigenvalue weighted by Gasteiger charge is -2.28. The molecule has 0 spiro atoms. The number of carbonyl (C=O) groups excluding carboxylic acids is 1. The van der Waals surface area contributed by atoms with Crippen LogP contribution in [0.2, 0.25) is 0 Å². The average molecular weight is 268 g/mol. The maximum Gasteiger partial charge on any atom is 0.211 e. The van der Waals surface area contributed by atoms with E-state index in [1.807, 2.05) is 32.0 Å². The van der Waals surface area contributed by atoms with Gasteiger partial charge in [0.15, 0.2) is 0 Å². The monoisotopic (exact) mass is 268 g/mol. The van der Waals surface area contributed by atoms with E-state index in [0.29, 0.717) is 13.0 Å². The van der Waals surface area contributed by atoms with Crippen molar-refractivity contribution in [3.05, 3.63) is 23.8 Å². The molecule has 0 saturated heterocycles. The van der Waals surface area contributed by atoms with Crippen LogP contribution >= 0.6 is 12.8 Å². The zero-order valence-corrected chi connectivity index (χ0v) is 11.9. The third kappa shape index (κ3) is 3.65. The molecule has 0 heterocycles. The quantitative estimate of drug-likeness (QED) is 0.526. The van der Waals surface area contributed by atoms with Gasteiger partial charge in [0.05, 0.1) is 5.60 Å². The topological polar surface area (TPSA) is 50.4 Å². The molecule has 100 valence electrons. The summed E-state index contributed by atoms with van der Waals surface area (Å²) in [7, 11) is 0. The zero-order chi connectivity index (χ0) is 13.6. The molecule has 0 aliphatic carbocycles. The molecule has 0 saturated carbocycles. The number of hydrogen-bond donors (Lipinski definition) is 3. The maximum atomic E-state index is 10.6. The van der Waals surface area contributed by atoms with E-state index < -0.39 is 5.60 Å². The minimum absolute atomic E-state index is 0.470. The van der Waals surface area contributed by atoms with Gasteiger partial charge >= 0.3 is 0 Å². The normalized spacial score (nSPS) is 11.1. The second-order valence-corrected chi connectivity index (χ2v) is 4.72. The van der Waals surface area contributed by atoms with Crippen molar-refractivity contribution in [1.82, 2.24) is 0 Å². The fourth-order valence-electron chi connectivity index (χ4n) is 1.74. The largest absolute Gasteiger partial charge is 0.371 e. The van der Waals surface area contributed by atoms with Crippen molar-refractivity contribution < 1.29 is 9.53 Å². The van der Waals surface area contributed by atoms with Crippen molar-refractivity contribution in [2.75, 3.05) is 16.6 Å². The Kier molecular flexibility index (Phi) is 5.50. The van der Waals surface area contributed by atoms with Crippen LogP contribution in [0.1, 0.15) is 32.8 Å². The summed E-state index contributed by atoms with van der Waals surface area (Å²) in [5.41, 5.74) is 2.06. The fraction of sp³-hybridized carbons (Fsp3) is 0.462. The van der Waals surface area contributed by atoms with Crippen LogP contribution < -0.4 is 10.0 Å². The van der Waals surface area contributed by atoms with E-state index in [9.17, 15) is 4.79 Å². The second-order valence-electron chi connectivity index (χ2n) is 4.49. The van der Waals surface area contributed by atoms with E-state index in [-0.39, 0.29) is 0 Å². The van der Waals surface area contributed by atoms with Crippen molar-refractivity contribution in [2.24, 2.45) is 0 Å². The Labute approximate surface area is 114 Å². The summed E-state index contributed by atoms with van der Waals surface area (Å²) in [5, 5.41) is 2.70. The Bertz CT molecular complexity index is 408. The van der Waals surface area contributed by atoms with Gasteiger partial charge in [-0.05, 0) is 38.5 Å². The van der Waals surface area contributed by atoms with Gasteiger partial charge in [-0.2, -0.15) is 0 Å². The molecule has 0 aliphatic heterocycles. The summed E-state index contributed by atoms with van der Waals surface area (Å²) in [6.07, 6.45) is 1.62. The Morgan fingerprint density at radius 3 is 2.72 bits per heavy atom. The van der Waals surface area contributed by atoms with Crippen molar-refractivity contribution in [3.8, 4) is 0 Å². The average Bonchev–Trinajstić information content (AvgIpc) is 2.37. The van der Waals surface area contributed by atoms with Gasteiger partial charge in [0, 0.05) is 23.5 Å². The van der Waals surface area contributed by atoms with Gasteiger partial charge in [0.2, 0.25) is 6.41 Å². The number of thiol groups is 1. The van der Waals surface area contributed by atoms with Crippen LogP contribution in [0.4, 0.5) is 11.4 Å². The van der Waals surface area contributed by atoms with Crippen molar-refractivity contribution in [2.45, 2.75) is 32.8 Å². The van der Waals surface area contributed by atoms with E-state index >= 15 is 0 Å². The molecule has 0 bridgehead atoms. The van der Waals surface area contributed by atoms with Crippen LogP contribution in [-0.4, -0.2) is 13.0 Å². The maximum absolute atomic E-state index is 10.6. The minimum Gasteiger partial charge on any atom is -0.371 e. The predicted molar refractivity (Wildman–Crippen MR) is 78.0 cm³/mol.